The van der Waals surface area contributed by atoms with Crippen LogP contribution in [0.25, 0.3) is 11.5 Å². The highest BCUT2D eigenvalue weighted by Crippen LogP contribution is 2.50. The number of carbonyl (C=O) groups is 1. The van der Waals surface area contributed by atoms with E-state index >= 15 is 0 Å². The van der Waals surface area contributed by atoms with Crippen molar-refractivity contribution in [2.24, 2.45) is 0 Å². The number of aromatic nitrogens is 9. The van der Waals surface area contributed by atoms with E-state index in [4.69, 9.17) is 0 Å². The number of nitrogens with one attached hydrogen (secondary N) is 1. The molecule has 0 spiro atoms. The van der Waals surface area contributed by atoms with Gasteiger partial charge < -0.3 is 5.32 Å². The molecular formula is C23H16F6N10O. The van der Waals surface area contributed by atoms with Crippen LogP contribution in [-0.2, 0) is 16.4 Å². The van der Waals surface area contributed by atoms with Gasteiger partial charge in [0.2, 0.25) is 11.9 Å². The third-order valence-corrected chi connectivity index (χ3v) is 6.80. The summed E-state index contributed by atoms with van der Waals surface area (Å²) in [4.78, 5) is 22.2. The molecule has 0 saturated carbocycles. The molecule has 17 heteroatoms. The van der Waals surface area contributed by atoms with Gasteiger partial charge in [-0.25, -0.2) is 19.2 Å². The molecule has 1 aliphatic carbocycles. The zero-order valence-electron chi connectivity index (χ0n) is 20.2. The van der Waals surface area contributed by atoms with Gasteiger partial charge in [-0.15, -0.1) is 9.90 Å². The number of pyridine rings is 1. The fourth-order valence-corrected chi connectivity index (χ4v) is 5.01. The molecule has 2 atom stereocenters. The lowest BCUT2D eigenvalue weighted by atomic mass is 9.80. The van der Waals surface area contributed by atoms with Gasteiger partial charge in [0, 0.05) is 35.0 Å². The minimum atomic E-state index is -4.85. The second kappa shape index (κ2) is 8.85. The molecule has 0 radical (unpaired) electrons. The van der Waals surface area contributed by atoms with Crippen LogP contribution in [0.5, 0.6) is 0 Å². The average molecular weight is 562 g/mol. The number of rotatable bonds is 5. The highest BCUT2D eigenvalue weighted by molar-refractivity contribution is 5.97. The molecular weight excluding hydrogens is 546 g/mol. The summed E-state index contributed by atoms with van der Waals surface area (Å²) >= 11 is 0. The maximum Gasteiger partial charge on any atom is 0.420 e. The fourth-order valence-electron chi connectivity index (χ4n) is 5.01. The van der Waals surface area contributed by atoms with E-state index in [0.29, 0.717) is 32.4 Å². The highest BCUT2D eigenvalue weighted by atomic mass is 19.4. The van der Waals surface area contributed by atoms with Gasteiger partial charge in [0.25, 0.3) is 0 Å². The lowest BCUT2D eigenvalue weighted by Crippen LogP contribution is -2.25. The Bertz CT molecular complexity index is 1740. The first-order valence-electron chi connectivity index (χ1n) is 11.6. The lowest BCUT2D eigenvalue weighted by molar-refractivity contribution is -0.137. The third kappa shape index (κ3) is 4.04. The molecule has 1 N–H and O–H groups in total. The molecule has 0 fully saturated rings. The summed E-state index contributed by atoms with van der Waals surface area (Å²) in [7, 11) is 0. The van der Waals surface area contributed by atoms with Crippen molar-refractivity contribution in [3.05, 3.63) is 77.6 Å². The standard InChI is InChI=1S/C23H16F6N10O/c1-22(11-7-34-37(10-11)21(25)26)6-13(14-9-30-17-5-16(24)36-38(17)18(14)22)20(40)35-12-4-15(23(27,28)29)19(31-8-12)39-32-2-3-33-39/h2-5,7-10,13,21H,6H2,1H3,(H,35,40)/t13-,22+/m0/s1. The summed E-state index contributed by atoms with van der Waals surface area (Å²) < 4.78 is 83.8. The normalized spacial score (nSPS) is 18.9. The first kappa shape index (κ1) is 25.4. The first-order valence-corrected chi connectivity index (χ1v) is 11.6. The Kier molecular flexibility index (Phi) is 5.63. The summed E-state index contributed by atoms with van der Waals surface area (Å²) in [5, 5.41) is 17.3. The quantitative estimate of drug-likeness (QED) is 0.323. The molecule has 40 heavy (non-hydrogen) atoms. The number of halogens is 6. The van der Waals surface area contributed by atoms with Crippen molar-refractivity contribution in [1.82, 2.24) is 44.4 Å². The van der Waals surface area contributed by atoms with E-state index in [0.717, 1.165) is 18.5 Å². The third-order valence-electron chi connectivity index (χ3n) is 6.80. The van der Waals surface area contributed by atoms with Crippen LogP contribution in [0.3, 0.4) is 0 Å². The zero-order chi connectivity index (χ0) is 28.4. The van der Waals surface area contributed by atoms with E-state index in [1.165, 1.54) is 29.3 Å². The van der Waals surface area contributed by atoms with Crippen molar-refractivity contribution in [1.29, 1.82) is 0 Å². The van der Waals surface area contributed by atoms with Crippen LogP contribution in [0.15, 0.2) is 49.3 Å². The molecule has 0 aromatic carbocycles. The second-order valence-corrected chi connectivity index (χ2v) is 9.28. The monoisotopic (exact) mass is 562 g/mol. The Morgan fingerprint density at radius 3 is 2.52 bits per heavy atom. The maximum absolute atomic E-state index is 14.1. The predicted molar refractivity (Wildman–Crippen MR) is 123 cm³/mol. The number of hydrogen-bond donors (Lipinski definition) is 1. The van der Waals surface area contributed by atoms with Crippen LogP contribution in [0, 0.1) is 5.95 Å². The maximum atomic E-state index is 14.1. The lowest BCUT2D eigenvalue weighted by Gasteiger charge is -2.24. The Labute approximate surface area is 219 Å². The number of alkyl halides is 5. The topological polar surface area (TPSA) is 121 Å². The molecule has 0 bridgehead atoms. The van der Waals surface area contributed by atoms with Crippen LogP contribution in [0.1, 0.15) is 48.2 Å². The number of carbonyl (C=O) groups excluding carboxylic acids is 1. The van der Waals surface area contributed by atoms with Crippen molar-refractivity contribution in [2.45, 2.75) is 37.4 Å². The molecule has 5 aromatic rings. The van der Waals surface area contributed by atoms with Crippen molar-refractivity contribution in [3.8, 4) is 5.82 Å². The summed E-state index contributed by atoms with van der Waals surface area (Å²) in [5.41, 5.74) is -1.60. The van der Waals surface area contributed by atoms with Gasteiger partial charge in [0.05, 0.1) is 42.1 Å². The number of anilines is 1. The van der Waals surface area contributed by atoms with E-state index in [9.17, 15) is 31.1 Å². The van der Waals surface area contributed by atoms with E-state index < -0.39 is 47.3 Å². The smallest absolute Gasteiger partial charge is 0.324 e. The summed E-state index contributed by atoms with van der Waals surface area (Å²) in [6.07, 6.45) is 2.19. The van der Waals surface area contributed by atoms with E-state index in [1.54, 1.807) is 6.92 Å². The zero-order valence-corrected chi connectivity index (χ0v) is 20.2. The minimum Gasteiger partial charge on any atom is -0.324 e. The van der Waals surface area contributed by atoms with Gasteiger partial charge in [-0.1, -0.05) is 0 Å². The fraction of sp³-hybridized carbons (Fsp3) is 0.261. The molecule has 0 aliphatic heterocycles. The van der Waals surface area contributed by atoms with Gasteiger partial charge in [-0.3, -0.25) is 4.79 Å². The number of fused-ring (bicyclic) bond motifs is 3. The molecule has 206 valence electrons. The predicted octanol–water partition coefficient (Wildman–Crippen LogP) is 3.89. The Morgan fingerprint density at radius 1 is 1.10 bits per heavy atom. The van der Waals surface area contributed by atoms with Crippen LogP contribution in [0.2, 0.25) is 0 Å². The van der Waals surface area contributed by atoms with Crippen LogP contribution in [0.4, 0.5) is 32.0 Å². The van der Waals surface area contributed by atoms with Crippen molar-refractivity contribution >= 4 is 17.2 Å². The van der Waals surface area contributed by atoms with Gasteiger partial charge in [0.15, 0.2) is 11.5 Å². The molecule has 11 nitrogen and oxygen atoms in total. The molecule has 5 heterocycles. The van der Waals surface area contributed by atoms with E-state index in [-0.39, 0.29) is 17.8 Å². The summed E-state index contributed by atoms with van der Waals surface area (Å²) in [6.45, 7) is -1.27. The van der Waals surface area contributed by atoms with Crippen LogP contribution >= 0.6 is 0 Å². The van der Waals surface area contributed by atoms with Crippen molar-refractivity contribution < 1.29 is 31.1 Å². The highest BCUT2D eigenvalue weighted by Gasteiger charge is 2.48. The van der Waals surface area contributed by atoms with E-state index in [2.05, 4.69) is 35.7 Å². The molecule has 1 aliphatic rings. The Hall–Kier alpha value is -4.83. The molecule has 0 unspecified atom stereocenters. The summed E-state index contributed by atoms with van der Waals surface area (Å²) in [6, 6.07) is 1.77. The van der Waals surface area contributed by atoms with Gasteiger partial charge in [-0.2, -0.15) is 41.6 Å². The number of hydrogen-bond acceptors (Lipinski definition) is 7. The SMILES string of the molecule is C[C@]1(c2cnn(C(F)F)c2)C[C@H](C(=O)Nc2cnc(-n3nccn3)c(C(F)(F)F)c2)c2cnc3cc(F)nn3c21. The first-order chi connectivity index (χ1) is 19.0. The largest absolute Gasteiger partial charge is 0.420 e. The van der Waals surface area contributed by atoms with Gasteiger partial charge >= 0.3 is 12.7 Å². The Balaban J connectivity index is 1.40. The Morgan fingerprint density at radius 2 is 1.85 bits per heavy atom. The molecule has 6 rings (SSSR count). The summed E-state index contributed by atoms with van der Waals surface area (Å²) in [5.74, 6) is -3.18. The van der Waals surface area contributed by atoms with Crippen LogP contribution < -0.4 is 5.32 Å². The number of amides is 1. The van der Waals surface area contributed by atoms with E-state index in [1.807, 2.05) is 0 Å². The molecule has 5 aromatic heterocycles. The number of nitrogens with zero attached hydrogens (tertiary/aromatic N) is 9. The van der Waals surface area contributed by atoms with Crippen molar-refractivity contribution in [3.63, 3.8) is 0 Å². The van der Waals surface area contributed by atoms with Gasteiger partial charge in [0.1, 0.15) is 5.56 Å². The average Bonchev–Trinajstić information content (AvgIpc) is 3.68. The molecule has 1 amide bonds. The van der Waals surface area contributed by atoms with Gasteiger partial charge in [-0.05, 0) is 19.4 Å². The molecule has 0 saturated heterocycles. The second-order valence-electron chi connectivity index (χ2n) is 9.28. The minimum absolute atomic E-state index is 0.0276. The van der Waals surface area contributed by atoms with Crippen LogP contribution in [-0.4, -0.2) is 50.3 Å². The van der Waals surface area contributed by atoms with Crippen molar-refractivity contribution in [2.75, 3.05) is 5.32 Å².